The number of anilines is 1. The molecule has 8 heteroatoms. The molecule has 3 aromatic carbocycles. The van der Waals surface area contributed by atoms with E-state index in [1.165, 1.54) is 4.90 Å². The SMILES string of the molecule is Cc1ccc(S(=O)(=O)N(CC(=O)N(Cc2ccccc2C)[C@H](C)C(=O)NC(C)(C)C)c2ccc(C)cc2C)cc1. The summed E-state index contributed by atoms with van der Waals surface area (Å²) in [6, 6.07) is 18.8. The van der Waals surface area contributed by atoms with Crippen molar-refractivity contribution in [1.29, 1.82) is 0 Å². The topological polar surface area (TPSA) is 86.8 Å². The van der Waals surface area contributed by atoms with Crippen molar-refractivity contribution < 1.29 is 18.0 Å². The van der Waals surface area contributed by atoms with Crippen LogP contribution in [0.4, 0.5) is 5.69 Å². The number of amides is 2. The minimum atomic E-state index is -4.11. The molecular formula is C32H41N3O4S. The Hall–Kier alpha value is -3.65. The number of carbonyl (C=O) groups excluding carboxylic acids is 2. The van der Waals surface area contributed by atoms with E-state index in [4.69, 9.17) is 0 Å². The Kier molecular flexibility index (Phi) is 9.46. The van der Waals surface area contributed by atoms with E-state index in [0.717, 1.165) is 32.1 Å². The lowest BCUT2D eigenvalue weighted by atomic mass is 10.1. The van der Waals surface area contributed by atoms with Crippen molar-refractivity contribution in [2.45, 2.75) is 78.4 Å². The van der Waals surface area contributed by atoms with Gasteiger partial charge in [-0.25, -0.2) is 8.42 Å². The van der Waals surface area contributed by atoms with Gasteiger partial charge in [-0.05, 0) is 90.3 Å². The molecule has 0 unspecified atom stereocenters. The van der Waals surface area contributed by atoms with Crippen molar-refractivity contribution in [1.82, 2.24) is 10.2 Å². The lowest BCUT2D eigenvalue weighted by Crippen LogP contribution is -2.54. The molecule has 1 atom stereocenters. The van der Waals surface area contributed by atoms with Crippen molar-refractivity contribution in [3.05, 3.63) is 94.5 Å². The van der Waals surface area contributed by atoms with Crippen molar-refractivity contribution in [2.75, 3.05) is 10.8 Å². The van der Waals surface area contributed by atoms with Crippen LogP contribution < -0.4 is 9.62 Å². The maximum Gasteiger partial charge on any atom is 0.264 e. The van der Waals surface area contributed by atoms with Crippen molar-refractivity contribution in [2.24, 2.45) is 0 Å². The fourth-order valence-electron chi connectivity index (χ4n) is 4.46. The normalized spacial score (nSPS) is 12.5. The smallest absolute Gasteiger partial charge is 0.264 e. The minimum Gasteiger partial charge on any atom is -0.350 e. The second-order valence-electron chi connectivity index (χ2n) is 11.5. The highest BCUT2D eigenvalue weighted by molar-refractivity contribution is 7.92. The molecule has 7 nitrogen and oxygen atoms in total. The van der Waals surface area contributed by atoms with Crippen LogP contribution in [0.1, 0.15) is 55.5 Å². The minimum absolute atomic E-state index is 0.0925. The molecule has 0 bridgehead atoms. The van der Waals surface area contributed by atoms with Gasteiger partial charge < -0.3 is 10.2 Å². The molecule has 0 aliphatic carbocycles. The number of hydrogen-bond acceptors (Lipinski definition) is 4. The molecule has 0 radical (unpaired) electrons. The molecule has 0 aromatic heterocycles. The summed E-state index contributed by atoms with van der Waals surface area (Å²) in [7, 11) is -4.11. The summed E-state index contributed by atoms with van der Waals surface area (Å²) in [4.78, 5) is 28.9. The van der Waals surface area contributed by atoms with Gasteiger partial charge in [-0.15, -0.1) is 0 Å². The zero-order chi connectivity index (χ0) is 29.8. The first kappa shape index (κ1) is 30.9. The first-order valence-electron chi connectivity index (χ1n) is 13.4. The Morgan fingerprint density at radius 3 is 2.02 bits per heavy atom. The Morgan fingerprint density at radius 1 is 0.850 bits per heavy atom. The third kappa shape index (κ3) is 7.50. The van der Waals surface area contributed by atoms with Crippen LogP contribution in [0, 0.1) is 27.7 Å². The number of sulfonamides is 1. The number of nitrogens with one attached hydrogen (secondary N) is 1. The molecule has 0 saturated heterocycles. The largest absolute Gasteiger partial charge is 0.350 e. The molecule has 3 aromatic rings. The van der Waals surface area contributed by atoms with Gasteiger partial charge in [0.1, 0.15) is 12.6 Å². The molecule has 214 valence electrons. The second kappa shape index (κ2) is 12.3. The molecule has 2 amide bonds. The molecule has 3 rings (SSSR count). The highest BCUT2D eigenvalue weighted by Gasteiger charge is 2.34. The third-order valence-electron chi connectivity index (χ3n) is 6.78. The molecule has 1 N–H and O–H groups in total. The number of carbonyl (C=O) groups is 2. The summed E-state index contributed by atoms with van der Waals surface area (Å²) in [6.45, 7) is 14.6. The monoisotopic (exact) mass is 563 g/mol. The molecule has 40 heavy (non-hydrogen) atoms. The summed E-state index contributed by atoms with van der Waals surface area (Å²) in [5.41, 5.74) is 4.41. The van der Waals surface area contributed by atoms with Crippen LogP contribution in [0.3, 0.4) is 0 Å². The number of benzene rings is 3. The number of hydrogen-bond donors (Lipinski definition) is 1. The summed E-state index contributed by atoms with van der Waals surface area (Å²) in [6.07, 6.45) is 0. The van der Waals surface area contributed by atoms with E-state index in [2.05, 4.69) is 5.32 Å². The van der Waals surface area contributed by atoms with E-state index < -0.39 is 34.1 Å². The first-order valence-corrected chi connectivity index (χ1v) is 14.9. The highest BCUT2D eigenvalue weighted by atomic mass is 32.2. The molecule has 0 aliphatic heterocycles. The zero-order valence-electron chi connectivity index (χ0n) is 24.8. The number of nitrogens with zero attached hydrogens (tertiary/aromatic N) is 2. The maximum absolute atomic E-state index is 14.1. The van der Waals surface area contributed by atoms with Crippen LogP contribution in [0.5, 0.6) is 0 Å². The average molecular weight is 564 g/mol. The average Bonchev–Trinajstić information content (AvgIpc) is 2.86. The summed E-state index contributed by atoms with van der Waals surface area (Å²) in [5, 5.41) is 2.95. The van der Waals surface area contributed by atoms with E-state index in [1.54, 1.807) is 37.3 Å². The fraction of sp³-hybridized carbons (Fsp3) is 0.375. The number of rotatable bonds is 9. The van der Waals surface area contributed by atoms with Gasteiger partial charge in [0, 0.05) is 12.1 Å². The van der Waals surface area contributed by atoms with E-state index in [-0.39, 0.29) is 17.3 Å². The second-order valence-corrected chi connectivity index (χ2v) is 13.3. The van der Waals surface area contributed by atoms with Gasteiger partial charge >= 0.3 is 0 Å². The lowest BCUT2D eigenvalue weighted by Gasteiger charge is -2.34. The van der Waals surface area contributed by atoms with Gasteiger partial charge in [-0.2, -0.15) is 0 Å². The van der Waals surface area contributed by atoms with Gasteiger partial charge in [0.15, 0.2) is 0 Å². The predicted molar refractivity (Wildman–Crippen MR) is 161 cm³/mol. The van der Waals surface area contributed by atoms with Gasteiger partial charge in [0.05, 0.1) is 10.6 Å². The van der Waals surface area contributed by atoms with E-state index in [0.29, 0.717) is 5.69 Å². The van der Waals surface area contributed by atoms with E-state index >= 15 is 0 Å². The maximum atomic E-state index is 14.1. The Balaban J connectivity index is 2.08. The highest BCUT2D eigenvalue weighted by Crippen LogP contribution is 2.28. The molecule has 0 spiro atoms. The van der Waals surface area contributed by atoms with Crippen LogP contribution in [-0.2, 0) is 26.2 Å². The van der Waals surface area contributed by atoms with Crippen LogP contribution in [0.2, 0.25) is 0 Å². The molecular weight excluding hydrogens is 522 g/mol. The van der Waals surface area contributed by atoms with Crippen molar-refractivity contribution in [3.8, 4) is 0 Å². The van der Waals surface area contributed by atoms with Crippen molar-refractivity contribution >= 4 is 27.5 Å². The predicted octanol–water partition coefficient (Wildman–Crippen LogP) is 5.45. The van der Waals surface area contributed by atoms with Gasteiger partial charge in [-0.3, -0.25) is 13.9 Å². The standard InChI is InChI=1S/C32H41N3O4S/c1-22-13-16-28(17-14-22)40(38,39)35(29-18-15-23(2)19-25(29)4)21-30(36)34(20-27-12-10-9-11-24(27)3)26(5)31(37)33-32(6,7)8/h9-19,26H,20-21H2,1-8H3,(H,33,37)/t26-/m1/s1. The lowest BCUT2D eigenvalue weighted by molar-refractivity contribution is -0.140. The van der Waals surface area contributed by atoms with Gasteiger partial charge in [0.2, 0.25) is 11.8 Å². The summed E-state index contributed by atoms with van der Waals surface area (Å²) >= 11 is 0. The molecule has 0 fully saturated rings. The zero-order valence-corrected chi connectivity index (χ0v) is 25.6. The van der Waals surface area contributed by atoms with Crippen LogP contribution in [0.15, 0.2) is 71.6 Å². The Morgan fingerprint density at radius 2 is 1.45 bits per heavy atom. The molecule has 0 heterocycles. The Bertz CT molecular complexity index is 1470. The van der Waals surface area contributed by atoms with Crippen LogP contribution >= 0.6 is 0 Å². The first-order chi connectivity index (χ1) is 18.6. The fourth-order valence-corrected chi connectivity index (χ4v) is 5.94. The summed E-state index contributed by atoms with van der Waals surface area (Å²) < 4.78 is 29.2. The quantitative estimate of drug-likeness (QED) is 0.375. The van der Waals surface area contributed by atoms with E-state index in [1.807, 2.05) is 84.9 Å². The third-order valence-corrected chi connectivity index (χ3v) is 8.55. The van der Waals surface area contributed by atoms with Crippen molar-refractivity contribution in [3.63, 3.8) is 0 Å². The van der Waals surface area contributed by atoms with E-state index in [9.17, 15) is 18.0 Å². The molecule has 0 aliphatic rings. The van der Waals surface area contributed by atoms with Gasteiger partial charge in [0.25, 0.3) is 10.0 Å². The Labute approximate surface area is 239 Å². The van der Waals surface area contributed by atoms with Gasteiger partial charge in [-0.1, -0.05) is 59.7 Å². The van der Waals surface area contributed by atoms with Crippen LogP contribution in [-0.4, -0.2) is 43.3 Å². The molecule has 0 saturated carbocycles. The van der Waals surface area contributed by atoms with Crippen LogP contribution in [0.25, 0.3) is 0 Å². The summed E-state index contributed by atoms with van der Waals surface area (Å²) in [5.74, 6) is -0.788. The number of aryl methyl sites for hydroxylation is 4.